The maximum Gasteiger partial charge on any atom is 0.407 e. The summed E-state index contributed by atoms with van der Waals surface area (Å²) in [5.74, 6) is -6.06. The molecule has 3 atom stereocenters. The fraction of sp³-hybridized carbons (Fsp3) is 0.431. The highest BCUT2D eigenvalue weighted by molar-refractivity contribution is 5.95. The average Bonchev–Trinajstić information content (AvgIpc) is 4.47. The van der Waals surface area contributed by atoms with Gasteiger partial charge in [-0.1, -0.05) is 84.1 Å². The van der Waals surface area contributed by atoms with Gasteiger partial charge in [-0.3, -0.25) is 24.0 Å². The minimum Gasteiger partial charge on any atom is -0.449 e. The average molecular weight is 1120 g/mol. The summed E-state index contributed by atoms with van der Waals surface area (Å²) in [4.78, 5) is 79.3. The Bertz CT molecular complexity index is 3050. The van der Waals surface area contributed by atoms with E-state index in [9.17, 15) is 42.8 Å². The van der Waals surface area contributed by atoms with Gasteiger partial charge in [0.15, 0.2) is 0 Å². The van der Waals surface area contributed by atoms with Crippen molar-refractivity contribution in [2.75, 3.05) is 85.6 Å². The molecule has 4 heterocycles. The highest BCUT2D eigenvalue weighted by Gasteiger charge is 2.50. The minimum absolute atomic E-state index is 0.000102. The number of benzene rings is 4. The van der Waals surface area contributed by atoms with Crippen LogP contribution in [0.15, 0.2) is 97.2 Å². The number of nitrogens with zero attached hydrogens (tertiary/aromatic N) is 6. The zero-order valence-electron chi connectivity index (χ0n) is 44.6. The van der Waals surface area contributed by atoms with Crippen molar-refractivity contribution in [3.8, 4) is 28.5 Å². The number of aromatic nitrogens is 3. The molecule has 5 aromatic rings. The van der Waals surface area contributed by atoms with Crippen LogP contribution >= 0.6 is 0 Å². The van der Waals surface area contributed by atoms with Gasteiger partial charge in [0, 0.05) is 74.9 Å². The van der Waals surface area contributed by atoms with E-state index in [1.54, 1.807) is 46.1 Å². The molecule has 21 nitrogen and oxygen atoms in total. The predicted molar refractivity (Wildman–Crippen MR) is 287 cm³/mol. The lowest BCUT2D eigenvalue weighted by atomic mass is 9.98. The number of carbonyl (C=O) groups excluding carboxylic acids is 6. The smallest absolute Gasteiger partial charge is 0.407 e. The summed E-state index contributed by atoms with van der Waals surface area (Å²) >= 11 is 0. The van der Waals surface area contributed by atoms with Crippen molar-refractivity contribution in [2.45, 2.75) is 69.2 Å². The van der Waals surface area contributed by atoms with Gasteiger partial charge in [-0.05, 0) is 57.5 Å². The predicted octanol–water partition coefficient (Wildman–Crippen LogP) is 4.33. The Morgan fingerprint density at radius 1 is 0.765 bits per heavy atom. The fourth-order valence-corrected chi connectivity index (χ4v) is 10.4. The van der Waals surface area contributed by atoms with Crippen molar-refractivity contribution < 1.29 is 61.2 Å². The molecule has 0 saturated carbocycles. The molecule has 1 aliphatic carbocycles. The van der Waals surface area contributed by atoms with Gasteiger partial charge in [-0.25, -0.2) is 18.3 Å². The number of halogens is 2. The van der Waals surface area contributed by atoms with Crippen LogP contribution in [0, 0.1) is 17.2 Å². The zero-order chi connectivity index (χ0) is 56.7. The molecule has 0 radical (unpaired) electrons. The number of hydrogen-bond donors (Lipinski definition) is 4. The van der Waals surface area contributed by atoms with Gasteiger partial charge in [0.2, 0.25) is 23.6 Å². The van der Waals surface area contributed by atoms with Gasteiger partial charge >= 0.3 is 6.09 Å². The molecular weight excluding hydrogens is 1050 g/mol. The number of alkyl halides is 2. The second kappa shape index (κ2) is 27.3. The summed E-state index contributed by atoms with van der Waals surface area (Å²) in [6.07, 6.45) is 0.501. The molecule has 426 valence electrons. The van der Waals surface area contributed by atoms with Crippen molar-refractivity contribution in [2.24, 2.45) is 5.92 Å². The number of nitrogens with one attached hydrogen (secondary N) is 4. The largest absolute Gasteiger partial charge is 0.449 e. The summed E-state index contributed by atoms with van der Waals surface area (Å²) in [5.41, 5.74) is 9.22. The Kier molecular flexibility index (Phi) is 19.4. The third-order valence-corrected chi connectivity index (χ3v) is 14.6. The number of hydrogen-bond acceptors (Lipinski definition) is 14. The monoisotopic (exact) mass is 1110 g/mol. The first-order valence-corrected chi connectivity index (χ1v) is 27.0. The van der Waals surface area contributed by atoms with E-state index in [-0.39, 0.29) is 69.2 Å². The van der Waals surface area contributed by atoms with Gasteiger partial charge in [-0.15, -0.1) is 5.10 Å². The van der Waals surface area contributed by atoms with E-state index in [0.717, 1.165) is 38.3 Å². The van der Waals surface area contributed by atoms with E-state index >= 15 is 0 Å². The third-order valence-electron chi connectivity index (χ3n) is 14.6. The molecule has 1 aromatic heterocycles. The van der Waals surface area contributed by atoms with Crippen molar-refractivity contribution in [1.29, 1.82) is 5.26 Å². The van der Waals surface area contributed by atoms with Crippen molar-refractivity contribution in [3.05, 3.63) is 131 Å². The Morgan fingerprint density at radius 2 is 1.43 bits per heavy atom. The fourth-order valence-electron chi connectivity index (χ4n) is 10.4. The van der Waals surface area contributed by atoms with Crippen LogP contribution in [0.4, 0.5) is 13.6 Å². The van der Waals surface area contributed by atoms with Crippen LogP contribution in [0.25, 0.3) is 22.4 Å². The van der Waals surface area contributed by atoms with Crippen molar-refractivity contribution >= 4 is 35.6 Å². The van der Waals surface area contributed by atoms with Crippen LogP contribution in [0.2, 0.25) is 0 Å². The summed E-state index contributed by atoms with van der Waals surface area (Å²) in [6.45, 7) is 3.78. The first-order valence-electron chi connectivity index (χ1n) is 27.0. The van der Waals surface area contributed by atoms with Crippen molar-refractivity contribution in [3.63, 3.8) is 0 Å². The van der Waals surface area contributed by atoms with Crippen molar-refractivity contribution in [1.82, 2.24) is 46.1 Å². The summed E-state index contributed by atoms with van der Waals surface area (Å²) < 4.78 is 57.3. The Hall–Kier alpha value is -8.17. The zero-order valence-corrected chi connectivity index (χ0v) is 44.6. The van der Waals surface area contributed by atoms with E-state index in [1.165, 1.54) is 11.1 Å². The first-order chi connectivity index (χ1) is 39.3. The second-order valence-electron chi connectivity index (χ2n) is 20.1. The van der Waals surface area contributed by atoms with Gasteiger partial charge in [0.05, 0.1) is 78.2 Å². The van der Waals surface area contributed by atoms with Crippen LogP contribution in [0.1, 0.15) is 69.8 Å². The molecular formula is C58H64F2N10O11. The number of fused-ring (bicyclic) bond motifs is 4. The Labute approximate surface area is 466 Å². The topological polar surface area (TPSA) is 258 Å². The van der Waals surface area contributed by atoms with Gasteiger partial charge in [-0.2, -0.15) is 5.26 Å². The Morgan fingerprint density at radius 3 is 2.14 bits per heavy atom. The van der Waals surface area contributed by atoms with Gasteiger partial charge in [0.25, 0.3) is 11.8 Å². The Balaban J connectivity index is 0.574. The SMILES string of the molecule is N#C[C@@H]1CC(F)(F)CN1C(=O)[C@@H]1C[C@@H](CC(=O)N2Cc3cccc(Cn4cc(-c5ccc(C(=O)NCCNC(=O)CCOCCOCCOCCOCCNC(=O)OCC6c7ccccc7-c7ccccc76)cc5)nn4)c3C2)C(=O)N1. The molecule has 2 fully saturated rings. The van der Waals surface area contributed by atoms with Crippen LogP contribution in [0.3, 0.4) is 0 Å². The lowest BCUT2D eigenvalue weighted by molar-refractivity contribution is -0.135. The van der Waals surface area contributed by atoms with Crippen LogP contribution < -0.4 is 21.3 Å². The summed E-state index contributed by atoms with van der Waals surface area (Å²) in [5, 5.41) is 28.8. The highest BCUT2D eigenvalue weighted by atomic mass is 19.3. The van der Waals surface area contributed by atoms with Crippen LogP contribution in [-0.2, 0) is 62.5 Å². The van der Waals surface area contributed by atoms with Gasteiger partial charge < -0.3 is 54.8 Å². The van der Waals surface area contributed by atoms with E-state index in [0.29, 0.717) is 83.7 Å². The number of amides is 6. The standard InChI is InChI=1S/C58H64F2N10O11/c59-58(60)30-43(31-61)70(37-58)56(75)50-28-42(55(74)65-50)29-53(72)68-32-40-6-5-7-41(48(40)34-68)33-69-35-51(66-67-69)38-12-14-39(15-13-38)54(73)63-18-17-62-52(71)16-20-77-22-24-79-26-27-80-25-23-78-21-19-64-57(76)81-36-49-46-10-3-1-8-44(46)45-9-2-4-11-47(45)49/h1-15,35,42-43,49-50H,16-30,32-34,36-37H2,(H,62,71)(H,63,73)(H,64,76)(H,65,74)/t42-,43-,50-/m0/s1. The van der Waals surface area contributed by atoms with Gasteiger partial charge in [0.1, 0.15) is 24.4 Å². The summed E-state index contributed by atoms with van der Waals surface area (Å²) in [7, 11) is 0. The lowest BCUT2D eigenvalue weighted by Crippen LogP contribution is -2.46. The number of nitriles is 1. The molecule has 81 heavy (non-hydrogen) atoms. The highest BCUT2D eigenvalue weighted by Crippen LogP contribution is 2.44. The number of rotatable bonds is 27. The number of ether oxygens (including phenoxy) is 5. The quantitative estimate of drug-likeness (QED) is 0.0534. The maximum absolute atomic E-state index is 14.0. The molecule has 4 N–H and O–H groups in total. The summed E-state index contributed by atoms with van der Waals surface area (Å²) in [6, 6.07) is 28.4. The molecule has 23 heteroatoms. The van der Waals surface area contributed by atoms with Crippen LogP contribution in [-0.4, -0.2) is 164 Å². The molecule has 4 aromatic carbocycles. The van der Waals surface area contributed by atoms with E-state index < -0.39 is 54.8 Å². The molecule has 9 rings (SSSR count). The normalized spacial score (nSPS) is 17.7. The number of likely N-dealkylation sites (tertiary alicyclic amines) is 1. The van der Waals surface area contributed by atoms with E-state index in [4.69, 9.17) is 23.7 Å². The molecule has 0 bridgehead atoms. The molecule has 6 amide bonds. The molecule has 3 aliphatic heterocycles. The third kappa shape index (κ3) is 15.0. The van der Waals surface area contributed by atoms with Crippen LogP contribution in [0.5, 0.6) is 0 Å². The molecule has 2 saturated heterocycles. The number of alkyl carbamates (subject to hydrolysis) is 1. The second-order valence-corrected chi connectivity index (χ2v) is 20.1. The van der Waals surface area contributed by atoms with E-state index in [2.05, 4.69) is 55.8 Å². The lowest BCUT2D eigenvalue weighted by Gasteiger charge is -2.22. The molecule has 4 aliphatic rings. The van der Waals surface area contributed by atoms with E-state index in [1.807, 2.05) is 42.5 Å². The number of carbonyl (C=O) groups is 6. The maximum atomic E-state index is 14.0. The first kappa shape index (κ1) is 57.5. The minimum atomic E-state index is -3.19. The molecule has 0 unspecified atom stereocenters. The molecule has 0 spiro atoms.